The summed E-state index contributed by atoms with van der Waals surface area (Å²) >= 11 is 0. The van der Waals surface area contributed by atoms with Gasteiger partial charge in [0.25, 0.3) is 0 Å². The zero-order chi connectivity index (χ0) is 17.0. The second-order valence-electron chi connectivity index (χ2n) is 4.66. The molecule has 0 aliphatic rings. The molecule has 0 aliphatic carbocycles. The average molecular weight is 313 g/mol. The van der Waals surface area contributed by atoms with Crippen LogP contribution >= 0.6 is 0 Å². The molecule has 3 amide bonds. The lowest BCUT2D eigenvalue weighted by atomic mass is 10.0. The van der Waals surface area contributed by atoms with Crippen LogP contribution < -0.4 is 5.32 Å². The van der Waals surface area contributed by atoms with Crippen molar-refractivity contribution < 1.29 is 32.7 Å². The number of likely N-dealkylation sites (N-methyl/N-ethyl adjacent to an activating group) is 2. The molecule has 0 saturated heterocycles. The summed E-state index contributed by atoms with van der Waals surface area (Å²) in [7, 11) is 2.84. The van der Waals surface area contributed by atoms with E-state index in [2.05, 4.69) is 0 Å². The zero-order valence-electron chi connectivity index (χ0n) is 12.1. The van der Waals surface area contributed by atoms with Gasteiger partial charge in [0.1, 0.15) is 6.54 Å². The minimum absolute atomic E-state index is 0.0566. The van der Waals surface area contributed by atoms with Crippen molar-refractivity contribution in [1.29, 1.82) is 0 Å². The average Bonchev–Trinajstić information content (AvgIpc) is 2.33. The highest BCUT2D eigenvalue weighted by atomic mass is 19.4. The minimum Gasteiger partial charge on any atom is -0.479 e. The molecule has 7 nitrogen and oxygen atoms in total. The maximum Gasteiger partial charge on any atom is 0.422 e. The molecule has 0 bridgehead atoms. The molecule has 0 heterocycles. The molecule has 1 unspecified atom stereocenters. The van der Waals surface area contributed by atoms with E-state index in [1.807, 2.05) is 0 Å². The van der Waals surface area contributed by atoms with Crippen molar-refractivity contribution in [3.8, 4) is 0 Å². The molecular weight excluding hydrogens is 295 g/mol. The van der Waals surface area contributed by atoms with Crippen LogP contribution in [0.5, 0.6) is 0 Å². The smallest absolute Gasteiger partial charge is 0.422 e. The summed E-state index contributed by atoms with van der Waals surface area (Å²) in [6, 6.07) is -1.28. The molecule has 0 saturated carbocycles. The second kappa shape index (κ2) is 6.64. The Morgan fingerprint density at radius 2 is 1.67 bits per heavy atom. The Bertz CT molecular complexity index is 425. The summed E-state index contributed by atoms with van der Waals surface area (Å²) in [5.41, 5.74) is -3.43. The van der Waals surface area contributed by atoms with E-state index >= 15 is 0 Å². The van der Waals surface area contributed by atoms with Crippen LogP contribution in [0.4, 0.5) is 18.0 Å². The molecule has 0 aromatic carbocycles. The highest BCUT2D eigenvalue weighted by Gasteiger charge is 2.58. The van der Waals surface area contributed by atoms with Crippen molar-refractivity contribution in [2.75, 3.05) is 27.2 Å². The first-order chi connectivity index (χ1) is 9.36. The van der Waals surface area contributed by atoms with Gasteiger partial charge in [0.05, 0.1) is 0 Å². The van der Waals surface area contributed by atoms with Gasteiger partial charge in [0, 0.05) is 20.6 Å². The van der Waals surface area contributed by atoms with Crippen LogP contribution in [0.3, 0.4) is 0 Å². The van der Waals surface area contributed by atoms with Gasteiger partial charge in [-0.05, 0) is 13.8 Å². The minimum atomic E-state index is -5.18. The summed E-state index contributed by atoms with van der Waals surface area (Å²) < 4.78 is 38.4. The van der Waals surface area contributed by atoms with E-state index in [4.69, 9.17) is 5.11 Å². The van der Waals surface area contributed by atoms with Crippen molar-refractivity contribution >= 4 is 17.9 Å². The van der Waals surface area contributed by atoms with Gasteiger partial charge in [0.2, 0.25) is 11.4 Å². The van der Waals surface area contributed by atoms with Crippen molar-refractivity contribution in [2.24, 2.45) is 0 Å². The van der Waals surface area contributed by atoms with Crippen molar-refractivity contribution in [1.82, 2.24) is 15.1 Å². The van der Waals surface area contributed by atoms with Crippen LogP contribution in [0.25, 0.3) is 0 Å². The Hall–Kier alpha value is -2.00. The number of nitrogens with one attached hydrogen (secondary N) is 1. The van der Waals surface area contributed by atoms with E-state index in [0.717, 1.165) is 9.80 Å². The summed E-state index contributed by atoms with van der Waals surface area (Å²) in [5.74, 6) is -2.74. The molecule has 2 N–H and O–H groups in total. The number of carboxylic acid groups (broad SMARTS) is 1. The number of carboxylic acids is 1. The van der Waals surface area contributed by atoms with E-state index in [-0.39, 0.29) is 6.54 Å². The highest BCUT2D eigenvalue weighted by molar-refractivity contribution is 5.89. The largest absolute Gasteiger partial charge is 0.479 e. The molecule has 0 fully saturated rings. The fourth-order valence-electron chi connectivity index (χ4n) is 1.17. The van der Waals surface area contributed by atoms with Gasteiger partial charge in [-0.1, -0.05) is 0 Å². The van der Waals surface area contributed by atoms with Gasteiger partial charge in [-0.3, -0.25) is 4.79 Å². The van der Waals surface area contributed by atoms with Crippen LogP contribution in [0.2, 0.25) is 0 Å². The van der Waals surface area contributed by atoms with Gasteiger partial charge in [-0.2, -0.15) is 13.2 Å². The predicted octanol–water partition coefficient (Wildman–Crippen LogP) is 0.512. The fourth-order valence-corrected chi connectivity index (χ4v) is 1.17. The third-order valence-electron chi connectivity index (χ3n) is 2.85. The van der Waals surface area contributed by atoms with E-state index in [1.165, 1.54) is 26.3 Å². The van der Waals surface area contributed by atoms with Crippen molar-refractivity contribution in [3.05, 3.63) is 0 Å². The summed E-state index contributed by atoms with van der Waals surface area (Å²) in [5, 5.41) is 10.1. The van der Waals surface area contributed by atoms with Crippen molar-refractivity contribution in [2.45, 2.75) is 25.6 Å². The Morgan fingerprint density at radius 3 is 1.95 bits per heavy atom. The first-order valence-corrected chi connectivity index (χ1v) is 5.94. The van der Waals surface area contributed by atoms with Gasteiger partial charge < -0.3 is 20.2 Å². The predicted molar refractivity (Wildman–Crippen MR) is 66.6 cm³/mol. The molecule has 0 spiro atoms. The Labute approximate surface area is 119 Å². The number of amides is 3. The number of urea groups is 1. The number of hydrogen-bond donors (Lipinski definition) is 2. The van der Waals surface area contributed by atoms with Gasteiger partial charge in [-0.25, -0.2) is 9.59 Å². The molecule has 0 aliphatic heterocycles. The fraction of sp³-hybridized carbons (Fsp3) is 0.727. The first kappa shape index (κ1) is 19.0. The van der Waals surface area contributed by atoms with Gasteiger partial charge in [0.15, 0.2) is 0 Å². The van der Waals surface area contributed by atoms with E-state index in [0.29, 0.717) is 6.92 Å². The molecular formula is C11H18F3N3O4. The van der Waals surface area contributed by atoms with Crippen LogP contribution in [-0.4, -0.2) is 71.7 Å². The molecule has 0 aromatic heterocycles. The second-order valence-corrected chi connectivity index (χ2v) is 4.66. The SMILES string of the molecule is CCN(CC(=O)N(C)C)C(=O)NC(C)(C(=O)O)C(F)(F)F. The maximum absolute atomic E-state index is 12.8. The number of alkyl halides is 3. The number of halogens is 3. The van der Waals surface area contributed by atoms with E-state index < -0.39 is 36.2 Å². The number of carbonyl (C=O) groups excluding carboxylic acids is 2. The highest BCUT2D eigenvalue weighted by Crippen LogP contribution is 2.30. The van der Waals surface area contributed by atoms with E-state index in [1.54, 1.807) is 0 Å². The Balaban J connectivity index is 5.14. The van der Waals surface area contributed by atoms with Crippen LogP contribution in [0.1, 0.15) is 13.8 Å². The summed E-state index contributed by atoms with van der Waals surface area (Å²) in [6.07, 6.45) is -5.18. The number of aliphatic carboxylic acids is 1. The number of carbonyl (C=O) groups is 3. The zero-order valence-corrected chi connectivity index (χ0v) is 12.1. The molecule has 1 atom stereocenters. The molecule has 0 radical (unpaired) electrons. The van der Waals surface area contributed by atoms with Gasteiger partial charge >= 0.3 is 18.2 Å². The lowest BCUT2D eigenvalue weighted by Gasteiger charge is -2.31. The molecule has 21 heavy (non-hydrogen) atoms. The normalized spacial score (nSPS) is 14.0. The third-order valence-corrected chi connectivity index (χ3v) is 2.85. The molecule has 0 aromatic rings. The van der Waals surface area contributed by atoms with Crippen molar-refractivity contribution in [3.63, 3.8) is 0 Å². The summed E-state index contributed by atoms with van der Waals surface area (Å²) in [4.78, 5) is 36.0. The lowest BCUT2D eigenvalue weighted by Crippen LogP contribution is -2.64. The quantitative estimate of drug-likeness (QED) is 0.774. The van der Waals surface area contributed by atoms with Crippen LogP contribution in [0.15, 0.2) is 0 Å². The Morgan fingerprint density at radius 1 is 1.19 bits per heavy atom. The Kier molecular flexibility index (Phi) is 6.00. The monoisotopic (exact) mass is 313 g/mol. The topological polar surface area (TPSA) is 90.0 Å². The van der Waals surface area contributed by atoms with Gasteiger partial charge in [-0.15, -0.1) is 0 Å². The first-order valence-electron chi connectivity index (χ1n) is 5.94. The third kappa shape index (κ3) is 4.50. The number of nitrogens with zero attached hydrogens (tertiary/aromatic N) is 2. The summed E-state index contributed by atoms with van der Waals surface area (Å²) in [6.45, 7) is 1.28. The number of rotatable bonds is 5. The lowest BCUT2D eigenvalue weighted by molar-refractivity contribution is -0.203. The van der Waals surface area contributed by atoms with E-state index in [9.17, 15) is 27.6 Å². The molecule has 0 rings (SSSR count). The standard InChI is InChI=1S/C11H18F3N3O4/c1-5-17(6-7(18)16(3)4)9(21)15-10(2,8(19)20)11(12,13)14/h5-6H2,1-4H3,(H,15,21)(H,19,20). The van der Waals surface area contributed by atoms with Crippen LogP contribution in [0, 0.1) is 0 Å². The molecule has 122 valence electrons. The number of hydrogen-bond acceptors (Lipinski definition) is 3. The maximum atomic E-state index is 12.8. The van der Waals surface area contributed by atoms with Crippen LogP contribution in [-0.2, 0) is 9.59 Å². The molecule has 10 heteroatoms.